The molecule has 2 aromatic heterocycles. The molecule has 0 radical (unpaired) electrons. The summed E-state index contributed by atoms with van der Waals surface area (Å²) in [6, 6.07) is 22.0. The molecule has 2 unspecified atom stereocenters. The molecule has 0 bridgehead atoms. The van der Waals surface area contributed by atoms with E-state index in [1.54, 1.807) is 24.4 Å². The van der Waals surface area contributed by atoms with E-state index in [9.17, 15) is 9.18 Å². The number of carbonyl (C=O) groups excluding carboxylic acids is 1. The van der Waals surface area contributed by atoms with Gasteiger partial charge in [0, 0.05) is 40.7 Å². The molecule has 194 valence electrons. The van der Waals surface area contributed by atoms with Crippen molar-refractivity contribution in [1.82, 2.24) is 19.8 Å². The van der Waals surface area contributed by atoms with Gasteiger partial charge in [0.05, 0.1) is 23.5 Å². The summed E-state index contributed by atoms with van der Waals surface area (Å²) in [7, 11) is 0. The number of halogens is 2. The van der Waals surface area contributed by atoms with E-state index in [0.717, 1.165) is 32.8 Å². The van der Waals surface area contributed by atoms with Crippen LogP contribution in [0.2, 0.25) is 0 Å². The number of aromatic nitrogens is 2. The molecule has 2 atom stereocenters. The lowest BCUT2D eigenvalue weighted by atomic mass is 9.96. The molecule has 5 rings (SSSR count). The highest BCUT2D eigenvalue weighted by Gasteiger charge is 2.41. The Morgan fingerprint density at radius 3 is 2.55 bits per heavy atom. The number of para-hydroxylation sites is 1. The zero-order chi connectivity index (χ0) is 26.8. The zero-order valence-corrected chi connectivity index (χ0v) is 23.4. The molecule has 1 fully saturated rings. The monoisotopic (exact) mass is 591 g/mol. The average molecular weight is 593 g/mol. The van der Waals surface area contributed by atoms with E-state index in [4.69, 9.17) is 12.2 Å². The molecule has 0 saturated carbocycles. The van der Waals surface area contributed by atoms with Crippen molar-refractivity contribution in [1.29, 1.82) is 0 Å². The van der Waals surface area contributed by atoms with Gasteiger partial charge in [0.25, 0.3) is 0 Å². The molecule has 0 aliphatic carbocycles. The Balaban J connectivity index is 1.47. The number of anilines is 1. The number of amides is 1. The highest BCUT2D eigenvalue weighted by atomic mass is 79.9. The van der Waals surface area contributed by atoms with Crippen LogP contribution in [0, 0.1) is 19.7 Å². The van der Waals surface area contributed by atoms with Crippen molar-refractivity contribution in [2.24, 2.45) is 0 Å². The van der Waals surface area contributed by atoms with E-state index < -0.39 is 5.82 Å². The van der Waals surface area contributed by atoms with Crippen molar-refractivity contribution >= 4 is 44.9 Å². The Morgan fingerprint density at radius 2 is 1.84 bits per heavy atom. The number of hydrogen-bond acceptors (Lipinski definition) is 3. The molecule has 1 saturated heterocycles. The number of carbonyl (C=O) groups is 1. The molecular weight excluding hydrogens is 565 g/mol. The SMILES string of the molecule is Cc1cc(C2C(c3ccccn3)NC(=S)N2CCC(=O)Nc2ccccc2F)c(C)n1-c1ccc(Br)cc1. The molecular formula is C29H27BrFN5OS. The summed E-state index contributed by atoms with van der Waals surface area (Å²) < 4.78 is 17.3. The number of rotatable bonds is 7. The summed E-state index contributed by atoms with van der Waals surface area (Å²) >= 11 is 9.29. The van der Waals surface area contributed by atoms with E-state index in [2.05, 4.69) is 68.2 Å². The number of benzene rings is 2. The fraction of sp³-hybridized carbons (Fsp3) is 0.207. The minimum Gasteiger partial charge on any atom is -0.352 e. The van der Waals surface area contributed by atoms with Gasteiger partial charge in [-0.3, -0.25) is 9.78 Å². The summed E-state index contributed by atoms with van der Waals surface area (Å²) in [4.78, 5) is 19.4. The number of nitrogens with one attached hydrogen (secondary N) is 2. The molecule has 0 spiro atoms. The van der Waals surface area contributed by atoms with Crippen molar-refractivity contribution in [3.05, 3.63) is 112 Å². The van der Waals surface area contributed by atoms with Gasteiger partial charge in [-0.1, -0.05) is 34.1 Å². The lowest BCUT2D eigenvalue weighted by Crippen LogP contribution is -2.33. The van der Waals surface area contributed by atoms with Crippen molar-refractivity contribution < 1.29 is 9.18 Å². The lowest BCUT2D eigenvalue weighted by Gasteiger charge is -2.28. The molecule has 1 amide bonds. The molecule has 9 heteroatoms. The lowest BCUT2D eigenvalue weighted by molar-refractivity contribution is -0.116. The van der Waals surface area contributed by atoms with Crippen molar-refractivity contribution in [2.45, 2.75) is 32.4 Å². The molecule has 2 N–H and O–H groups in total. The third kappa shape index (κ3) is 5.21. The van der Waals surface area contributed by atoms with Crippen LogP contribution in [0.4, 0.5) is 10.1 Å². The summed E-state index contributed by atoms with van der Waals surface area (Å²) in [5, 5.41) is 6.67. The van der Waals surface area contributed by atoms with E-state index >= 15 is 0 Å². The van der Waals surface area contributed by atoms with Crippen LogP contribution < -0.4 is 10.6 Å². The third-order valence-corrected chi connectivity index (χ3v) is 7.68. The van der Waals surface area contributed by atoms with Crippen LogP contribution in [-0.4, -0.2) is 32.0 Å². The number of thiocarbonyl (C=S) groups is 1. The summed E-state index contributed by atoms with van der Waals surface area (Å²) in [6.07, 6.45) is 1.92. The van der Waals surface area contributed by atoms with Crippen LogP contribution in [0.3, 0.4) is 0 Å². The molecule has 1 aliphatic heterocycles. The molecule has 3 heterocycles. The van der Waals surface area contributed by atoms with Gasteiger partial charge in [-0.25, -0.2) is 4.39 Å². The second-order valence-corrected chi connectivity index (χ2v) is 10.5. The van der Waals surface area contributed by atoms with Gasteiger partial charge in [0.1, 0.15) is 5.82 Å². The van der Waals surface area contributed by atoms with E-state index in [1.165, 1.54) is 6.07 Å². The van der Waals surface area contributed by atoms with Crippen molar-refractivity contribution in [2.75, 3.05) is 11.9 Å². The van der Waals surface area contributed by atoms with Gasteiger partial charge < -0.3 is 20.1 Å². The maximum Gasteiger partial charge on any atom is 0.226 e. The first-order chi connectivity index (χ1) is 18.3. The van der Waals surface area contributed by atoms with Crippen molar-refractivity contribution in [3.63, 3.8) is 0 Å². The van der Waals surface area contributed by atoms with Crippen LogP contribution in [0.5, 0.6) is 0 Å². The minimum absolute atomic E-state index is 0.146. The quantitative estimate of drug-likeness (QED) is 0.244. The van der Waals surface area contributed by atoms with Gasteiger partial charge in [-0.2, -0.15) is 0 Å². The van der Waals surface area contributed by atoms with Crippen LogP contribution >= 0.6 is 28.1 Å². The summed E-state index contributed by atoms with van der Waals surface area (Å²) in [5.41, 5.74) is 5.38. The molecule has 6 nitrogen and oxygen atoms in total. The van der Waals surface area contributed by atoms with Gasteiger partial charge in [0.15, 0.2) is 5.11 Å². The smallest absolute Gasteiger partial charge is 0.226 e. The van der Waals surface area contributed by atoms with Gasteiger partial charge in [0.2, 0.25) is 5.91 Å². The Hall–Kier alpha value is -3.56. The van der Waals surface area contributed by atoms with Crippen LogP contribution in [-0.2, 0) is 4.79 Å². The first kappa shape index (κ1) is 26.1. The standard InChI is InChI=1S/C29H27BrFN5OS/c1-18-17-22(19(2)36(18)21-12-10-20(30)11-13-21)28-27(25-9-5-6-15-32-25)34-29(38)35(28)16-14-26(37)33-24-8-4-3-7-23(24)31/h3-13,15,17,27-28H,14,16H2,1-2H3,(H,33,37)(H,34,38). The normalized spacial score (nSPS) is 16.9. The maximum atomic E-state index is 14.1. The first-order valence-electron chi connectivity index (χ1n) is 12.3. The van der Waals surface area contributed by atoms with Gasteiger partial charge in [-0.15, -0.1) is 0 Å². The largest absolute Gasteiger partial charge is 0.352 e. The molecule has 2 aromatic carbocycles. The Morgan fingerprint density at radius 1 is 1.11 bits per heavy atom. The predicted octanol–water partition coefficient (Wildman–Crippen LogP) is 6.39. The van der Waals surface area contributed by atoms with Crippen LogP contribution in [0.1, 0.15) is 41.1 Å². The number of nitrogens with zero attached hydrogens (tertiary/aromatic N) is 3. The Labute approximate surface area is 235 Å². The molecule has 1 aliphatic rings. The second kappa shape index (κ2) is 11.0. The number of aryl methyl sites for hydroxylation is 1. The number of pyridine rings is 1. The molecule has 4 aromatic rings. The zero-order valence-electron chi connectivity index (χ0n) is 21.0. The molecule has 38 heavy (non-hydrogen) atoms. The summed E-state index contributed by atoms with van der Waals surface area (Å²) in [5.74, 6) is -0.744. The van der Waals surface area contributed by atoms with Crippen molar-refractivity contribution in [3.8, 4) is 5.69 Å². The van der Waals surface area contributed by atoms with Crippen LogP contribution in [0.25, 0.3) is 5.69 Å². The van der Waals surface area contributed by atoms with Gasteiger partial charge >= 0.3 is 0 Å². The average Bonchev–Trinajstić information content (AvgIpc) is 3.39. The number of hydrogen-bond donors (Lipinski definition) is 2. The maximum absolute atomic E-state index is 14.1. The first-order valence-corrected chi connectivity index (χ1v) is 13.5. The Bertz CT molecular complexity index is 1470. The Kier molecular flexibility index (Phi) is 7.58. The third-order valence-electron chi connectivity index (χ3n) is 6.80. The fourth-order valence-electron chi connectivity index (χ4n) is 5.06. The topological polar surface area (TPSA) is 62.2 Å². The van der Waals surface area contributed by atoms with Gasteiger partial charge in [-0.05, 0) is 86.2 Å². The highest BCUT2D eigenvalue weighted by molar-refractivity contribution is 9.10. The highest BCUT2D eigenvalue weighted by Crippen LogP contribution is 2.41. The van der Waals surface area contributed by atoms with E-state index in [-0.39, 0.29) is 30.1 Å². The summed E-state index contributed by atoms with van der Waals surface area (Å²) in [6.45, 7) is 4.55. The minimum atomic E-state index is -0.465. The second-order valence-electron chi connectivity index (χ2n) is 9.24. The van der Waals surface area contributed by atoms with E-state index in [1.807, 2.05) is 35.2 Å². The predicted molar refractivity (Wildman–Crippen MR) is 155 cm³/mol. The fourth-order valence-corrected chi connectivity index (χ4v) is 5.65. The van der Waals surface area contributed by atoms with E-state index in [0.29, 0.717) is 11.7 Å². The van der Waals surface area contributed by atoms with Crippen LogP contribution in [0.15, 0.2) is 83.5 Å².